The fourth-order valence-corrected chi connectivity index (χ4v) is 3.04. The van der Waals surface area contributed by atoms with Gasteiger partial charge in [0.15, 0.2) is 4.77 Å². The topological polar surface area (TPSA) is 37.8 Å². The predicted molar refractivity (Wildman–Crippen MR) is 92.5 cm³/mol. The van der Waals surface area contributed by atoms with Crippen molar-refractivity contribution in [2.24, 2.45) is 0 Å². The van der Waals surface area contributed by atoms with Crippen molar-refractivity contribution in [2.75, 3.05) is 0 Å². The van der Waals surface area contributed by atoms with Crippen LogP contribution in [-0.4, -0.2) is 9.55 Å². The minimum Gasteiger partial charge on any atom is -0.331 e. The van der Waals surface area contributed by atoms with Gasteiger partial charge < -0.3 is 4.98 Å². The third-order valence-electron chi connectivity index (χ3n) is 2.95. The van der Waals surface area contributed by atoms with E-state index in [1.165, 1.54) is 4.57 Å². The monoisotopic (exact) mass is 414 g/mol. The summed E-state index contributed by atoms with van der Waals surface area (Å²) < 4.78 is 2.75. The first kappa shape index (κ1) is 13.8. The van der Waals surface area contributed by atoms with E-state index in [0.717, 1.165) is 9.09 Å². The Kier molecular flexibility index (Phi) is 3.66. The maximum Gasteiger partial charge on any atom is 0.266 e. The highest BCUT2D eigenvalue weighted by atomic mass is 127. The van der Waals surface area contributed by atoms with E-state index in [1.54, 1.807) is 12.1 Å². The molecule has 0 unspecified atom stereocenters. The number of benzene rings is 2. The van der Waals surface area contributed by atoms with Crippen LogP contribution in [0.4, 0.5) is 0 Å². The molecule has 0 saturated carbocycles. The van der Waals surface area contributed by atoms with Gasteiger partial charge >= 0.3 is 0 Å². The maximum atomic E-state index is 12.7. The van der Waals surface area contributed by atoms with Crippen LogP contribution in [0.1, 0.15) is 0 Å². The van der Waals surface area contributed by atoms with Crippen molar-refractivity contribution in [3.63, 3.8) is 0 Å². The molecule has 3 nitrogen and oxygen atoms in total. The molecule has 0 atom stereocenters. The molecule has 6 heteroatoms. The molecule has 20 heavy (non-hydrogen) atoms. The summed E-state index contributed by atoms with van der Waals surface area (Å²) in [6.45, 7) is 0. The second kappa shape index (κ2) is 5.31. The Hall–Kier alpha value is -1.18. The quantitative estimate of drug-likeness (QED) is 0.476. The zero-order valence-electron chi connectivity index (χ0n) is 10.1. The first-order chi connectivity index (χ1) is 9.58. The lowest BCUT2D eigenvalue weighted by Gasteiger charge is -2.09. The van der Waals surface area contributed by atoms with Crippen LogP contribution in [0.25, 0.3) is 16.6 Å². The van der Waals surface area contributed by atoms with Crippen molar-refractivity contribution < 1.29 is 0 Å². The molecule has 3 rings (SSSR count). The van der Waals surface area contributed by atoms with Gasteiger partial charge in [0, 0.05) is 3.57 Å². The number of fused-ring (bicyclic) bond motifs is 1. The zero-order chi connectivity index (χ0) is 14.3. The number of para-hydroxylation sites is 1. The minimum atomic E-state index is -0.171. The smallest absolute Gasteiger partial charge is 0.266 e. The van der Waals surface area contributed by atoms with Gasteiger partial charge in [-0.2, -0.15) is 0 Å². The summed E-state index contributed by atoms with van der Waals surface area (Å²) in [4.78, 5) is 15.7. The van der Waals surface area contributed by atoms with Gasteiger partial charge in [0.1, 0.15) is 0 Å². The number of nitrogens with zero attached hydrogens (tertiary/aromatic N) is 1. The van der Waals surface area contributed by atoms with E-state index >= 15 is 0 Å². The molecule has 0 radical (unpaired) electrons. The molecular formula is C14H8ClIN2OS. The van der Waals surface area contributed by atoms with Crippen molar-refractivity contribution in [3.05, 3.63) is 66.2 Å². The van der Waals surface area contributed by atoms with Crippen molar-refractivity contribution in [1.82, 2.24) is 9.55 Å². The average molecular weight is 415 g/mol. The van der Waals surface area contributed by atoms with Crippen LogP contribution in [0.5, 0.6) is 0 Å². The molecule has 2 aromatic carbocycles. The van der Waals surface area contributed by atoms with E-state index in [-0.39, 0.29) is 5.56 Å². The van der Waals surface area contributed by atoms with E-state index in [2.05, 4.69) is 27.6 Å². The summed E-state index contributed by atoms with van der Waals surface area (Å²) in [7, 11) is 0. The van der Waals surface area contributed by atoms with Crippen LogP contribution >= 0.6 is 46.4 Å². The van der Waals surface area contributed by atoms with Gasteiger partial charge in [-0.1, -0.05) is 23.7 Å². The van der Waals surface area contributed by atoms with Crippen LogP contribution < -0.4 is 5.56 Å². The summed E-state index contributed by atoms with van der Waals surface area (Å²) in [6, 6.07) is 12.7. The van der Waals surface area contributed by atoms with E-state index < -0.39 is 0 Å². The molecule has 0 saturated heterocycles. The highest BCUT2D eigenvalue weighted by Gasteiger charge is 2.10. The molecule has 0 aliphatic carbocycles. The third-order valence-corrected chi connectivity index (χ3v) is 4.23. The second-order valence-corrected chi connectivity index (χ2v) is 6.25. The second-order valence-electron chi connectivity index (χ2n) is 4.21. The molecule has 0 aliphatic rings. The van der Waals surface area contributed by atoms with Gasteiger partial charge in [0.25, 0.3) is 5.56 Å². The lowest BCUT2D eigenvalue weighted by atomic mass is 10.2. The van der Waals surface area contributed by atoms with Gasteiger partial charge in [0.2, 0.25) is 0 Å². The zero-order valence-corrected chi connectivity index (χ0v) is 13.8. The first-order valence-electron chi connectivity index (χ1n) is 5.77. The molecule has 0 fully saturated rings. The molecule has 0 amide bonds. The summed E-state index contributed by atoms with van der Waals surface area (Å²) in [5, 5.41) is 1.07. The predicted octanol–water partition coefficient (Wildman–Crippen LogP) is 4.31. The average Bonchev–Trinajstić information content (AvgIpc) is 2.42. The van der Waals surface area contributed by atoms with Crippen LogP contribution in [0.15, 0.2) is 47.3 Å². The van der Waals surface area contributed by atoms with E-state index in [9.17, 15) is 4.79 Å². The molecule has 0 bridgehead atoms. The van der Waals surface area contributed by atoms with Crippen LogP contribution in [0.3, 0.4) is 0 Å². The number of aromatic nitrogens is 2. The highest BCUT2D eigenvalue weighted by Crippen LogP contribution is 2.20. The van der Waals surface area contributed by atoms with Gasteiger partial charge in [-0.05, 0) is 65.1 Å². The summed E-state index contributed by atoms with van der Waals surface area (Å²) in [5.41, 5.74) is 1.14. The lowest BCUT2D eigenvalue weighted by Crippen LogP contribution is -2.20. The normalized spacial score (nSPS) is 10.9. The number of hydrogen-bond donors (Lipinski definition) is 1. The Labute approximate surface area is 138 Å². The van der Waals surface area contributed by atoms with Gasteiger partial charge in [-0.15, -0.1) is 0 Å². The molecule has 1 aromatic heterocycles. The summed E-state index contributed by atoms with van der Waals surface area (Å²) in [5.74, 6) is 0. The Bertz CT molecular complexity index is 932. The molecule has 1 N–H and O–H groups in total. The van der Waals surface area contributed by atoms with Crippen molar-refractivity contribution in [3.8, 4) is 5.69 Å². The molecule has 1 heterocycles. The van der Waals surface area contributed by atoms with E-state index in [0.29, 0.717) is 20.9 Å². The minimum absolute atomic E-state index is 0.171. The summed E-state index contributed by atoms with van der Waals surface area (Å²) in [6.07, 6.45) is 0. The van der Waals surface area contributed by atoms with Crippen molar-refractivity contribution in [1.29, 1.82) is 0 Å². The molecule has 0 spiro atoms. The Morgan fingerprint density at radius 1 is 1.20 bits per heavy atom. The Balaban J connectivity index is 2.46. The molecule has 0 aliphatic heterocycles. The number of halogens is 2. The van der Waals surface area contributed by atoms with Crippen LogP contribution in [-0.2, 0) is 0 Å². The number of hydrogen-bond acceptors (Lipinski definition) is 2. The molecule has 100 valence electrons. The number of rotatable bonds is 1. The van der Waals surface area contributed by atoms with E-state index in [1.807, 2.05) is 30.3 Å². The van der Waals surface area contributed by atoms with E-state index in [4.69, 9.17) is 23.8 Å². The van der Waals surface area contributed by atoms with Gasteiger partial charge in [-0.25, -0.2) is 0 Å². The third kappa shape index (κ3) is 2.30. The number of H-pyrrole nitrogens is 1. The fourth-order valence-electron chi connectivity index (χ4n) is 2.04. The lowest BCUT2D eigenvalue weighted by molar-refractivity contribution is 0.940. The largest absolute Gasteiger partial charge is 0.331 e. The standard InChI is InChI=1S/C14H8ClIN2OS/c15-10-3-1-2-4-12(10)18-13(19)9-7-8(16)5-6-11(9)17-14(18)20/h1-7H,(H,17,20). The molecule has 3 aromatic rings. The number of nitrogens with one attached hydrogen (secondary N) is 1. The highest BCUT2D eigenvalue weighted by molar-refractivity contribution is 14.1. The molecular weight excluding hydrogens is 407 g/mol. The maximum absolute atomic E-state index is 12.7. The summed E-state index contributed by atoms with van der Waals surface area (Å²) >= 11 is 13.6. The number of aromatic amines is 1. The SMILES string of the molecule is O=c1c2cc(I)ccc2[nH]c(=S)n1-c1ccccc1Cl. The Morgan fingerprint density at radius 3 is 2.70 bits per heavy atom. The van der Waals surface area contributed by atoms with Gasteiger partial charge in [-0.3, -0.25) is 9.36 Å². The van der Waals surface area contributed by atoms with Gasteiger partial charge in [0.05, 0.1) is 21.6 Å². The first-order valence-corrected chi connectivity index (χ1v) is 7.64. The van der Waals surface area contributed by atoms with Crippen molar-refractivity contribution in [2.45, 2.75) is 0 Å². The van der Waals surface area contributed by atoms with Crippen molar-refractivity contribution >= 4 is 57.3 Å². The Morgan fingerprint density at radius 2 is 1.95 bits per heavy atom. The van der Waals surface area contributed by atoms with Crippen LogP contribution in [0.2, 0.25) is 5.02 Å². The fraction of sp³-hybridized carbons (Fsp3) is 0. The van der Waals surface area contributed by atoms with Crippen LogP contribution in [0, 0.1) is 8.34 Å².